The Kier molecular flexibility index (Phi) is 9.81. The summed E-state index contributed by atoms with van der Waals surface area (Å²) in [6.45, 7) is 6.00. The Morgan fingerprint density at radius 2 is 1.60 bits per heavy atom. The van der Waals surface area contributed by atoms with Gasteiger partial charge in [-0.1, -0.05) is 29.8 Å². The van der Waals surface area contributed by atoms with Crippen molar-refractivity contribution in [3.8, 4) is 5.75 Å². The van der Waals surface area contributed by atoms with Crippen LogP contribution in [0.25, 0.3) is 0 Å². The van der Waals surface area contributed by atoms with Crippen LogP contribution in [0.3, 0.4) is 0 Å². The molecule has 8 nitrogen and oxygen atoms in total. The van der Waals surface area contributed by atoms with E-state index >= 15 is 0 Å². The fourth-order valence-electron chi connectivity index (χ4n) is 3.88. The largest absolute Gasteiger partial charge is 0.497 e. The van der Waals surface area contributed by atoms with Crippen molar-refractivity contribution in [3.63, 3.8) is 0 Å². The highest BCUT2D eigenvalue weighted by Crippen LogP contribution is 2.27. The molecule has 0 aromatic heterocycles. The number of carbonyl (C=O) groups excluding carboxylic acids is 2. The SMILES string of the molecule is COc1ccc(S(=O)(=O)N(CC(=O)N(Cc2ccccc2F)[C@@H](C)C(=O)NC(C)(C)C)c2ccc(Cl)cc2)cc1. The van der Waals surface area contributed by atoms with Crippen molar-refractivity contribution >= 4 is 39.1 Å². The van der Waals surface area contributed by atoms with Gasteiger partial charge in [0.2, 0.25) is 11.8 Å². The molecule has 40 heavy (non-hydrogen) atoms. The van der Waals surface area contributed by atoms with Crippen LogP contribution < -0.4 is 14.4 Å². The lowest BCUT2D eigenvalue weighted by atomic mass is 10.1. The number of benzene rings is 3. The van der Waals surface area contributed by atoms with Crippen LogP contribution in [0.5, 0.6) is 5.75 Å². The number of rotatable bonds is 10. The average molecular weight is 590 g/mol. The molecule has 0 aliphatic carbocycles. The van der Waals surface area contributed by atoms with Crippen LogP contribution in [0.2, 0.25) is 5.02 Å². The number of anilines is 1. The molecule has 1 N–H and O–H groups in total. The standard InChI is InChI=1S/C29H33ClFN3O5S/c1-20(28(36)32-29(2,3)4)33(18-21-8-6-7-9-26(21)31)27(35)19-34(23-12-10-22(30)11-13-23)40(37,38)25-16-14-24(39-5)15-17-25/h6-17,20H,18-19H2,1-5H3,(H,32,36)/t20-/m0/s1. The van der Waals surface area contributed by atoms with E-state index in [2.05, 4.69) is 5.32 Å². The monoisotopic (exact) mass is 589 g/mol. The Morgan fingerprint density at radius 3 is 2.15 bits per heavy atom. The number of nitrogens with zero attached hydrogens (tertiary/aromatic N) is 2. The second kappa shape index (κ2) is 12.7. The van der Waals surface area contributed by atoms with Crippen LogP contribution in [0, 0.1) is 5.82 Å². The van der Waals surface area contributed by atoms with E-state index in [1.54, 1.807) is 26.8 Å². The number of sulfonamides is 1. The van der Waals surface area contributed by atoms with E-state index in [-0.39, 0.29) is 22.7 Å². The molecule has 0 fully saturated rings. The Hall–Kier alpha value is -3.63. The predicted molar refractivity (Wildman–Crippen MR) is 153 cm³/mol. The molecule has 1 atom stereocenters. The fourth-order valence-corrected chi connectivity index (χ4v) is 5.42. The zero-order valence-corrected chi connectivity index (χ0v) is 24.6. The fraction of sp³-hybridized carbons (Fsp3) is 0.310. The molecule has 214 valence electrons. The summed E-state index contributed by atoms with van der Waals surface area (Å²) in [4.78, 5) is 28.1. The van der Waals surface area contributed by atoms with Crippen molar-refractivity contribution in [1.82, 2.24) is 10.2 Å². The van der Waals surface area contributed by atoms with Gasteiger partial charge in [-0.25, -0.2) is 12.8 Å². The molecule has 0 aliphatic heterocycles. The zero-order valence-electron chi connectivity index (χ0n) is 23.0. The number of carbonyl (C=O) groups is 2. The molecule has 0 bridgehead atoms. The van der Waals surface area contributed by atoms with Gasteiger partial charge in [0.15, 0.2) is 0 Å². The van der Waals surface area contributed by atoms with E-state index < -0.39 is 45.8 Å². The summed E-state index contributed by atoms with van der Waals surface area (Å²) in [7, 11) is -2.80. The molecular weight excluding hydrogens is 557 g/mol. The van der Waals surface area contributed by atoms with E-state index in [0.717, 1.165) is 4.31 Å². The van der Waals surface area contributed by atoms with Crippen molar-refractivity contribution in [1.29, 1.82) is 0 Å². The van der Waals surface area contributed by atoms with Gasteiger partial charge in [-0.2, -0.15) is 0 Å². The van der Waals surface area contributed by atoms with Gasteiger partial charge in [-0.3, -0.25) is 13.9 Å². The molecule has 0 saturated heterocycles. The van der Waals surface area contributed by atoms with Crippen LogP contribution in [-0.2, 0) is 26.2 Å². The van der Waals surface area contributed by atoms with Crippen molar-refractivity contribution in [2.75, 3.05) is 18.0 Å². The molecule has 11 heteroatoms. The van der Waals surface area contributed by atoms with Crippen molar-refractivity contribution in [2.24, 2.45) is 0 Å². The van der Waals surface area contributed by atoms with Gasteiger partial charge in [0.25, 0.3) is 10.0 Å². The third kappa shape index (κ3) is 7.73. The summed E-state index contributed by atoms with van der Waals surface area (Å²) in [6.07, 6.45) is 0. The van der Waals surface area contributed by atoms with Crippen molar-refractivity contribution < 1.29 is 27.1 Å². The van der Waals surface area contributed by atoms with E-state index in [1.807, 2.05) is 0 Å². The second-order valence-electron chi connectivity index (χ2n) is 10.2. The molecular formula is C29H33ClFN3O5S. The number of methoxy groups -OCH3 is 1. The van der Waals surface area contributed by atoms with E-state index in [9.17, 15) is 22.4 Å². The number of nitrogens with one attached hydrogen (secondary N) is 1. The summed E-state index contributed by atoms with van der Waals surface area (Å²) in [5.41, 5.74) is -0.223. The third-order valence-corrected chi connectivity index (χ3v) is 8.04. The van der Waals surface area contributed by atoms with Crippen LogP contribution >= 0.6 is 11.6 Å². The Labute approximate surface area is 239 Å². The lowest BCUT2D eigenvalue weighted by Crippen LogP contribution is -2.54. The normalized spacial score (nSPS) is 12.4. The Morgan fingerprint density at radius 1 is 1.00 bits per heavy atom. The van der Waals surface area contributed by atoms with E-state index in [1.165, 1.54) is 85.7 Å². The average Bonchev–Trinajstić information content (AvgIpc) is 2.90. The van der Waals surface area contributed by atoms with Gasteiger partial charge in [0.1, 0.15) is 24.2 Å². The molecule has 3 rings (SSSR count). The van der Waals surface area contributed by atoms with Gasteiger partial charge in [-0.05, 0) is 82.3 Å². The van der Waals surface area contributed by atoms with E-state index in [0.29, 0.717) is 10.8 Å². The quantitative estimate of drug-likeness (QED) is 0.358. The van der Waals surface area contributed by atoms with Gasteiger partial charge < -0.3 is 15.0 Å². The van der Waals surface area contributed by atoms with Gasteiger partial charge in [-0.15, -0.1) is 0 Å². The smallest absolute Gasteiger partial charge is 0.264 e. The molecule has 0 radical (unpaired) electrons. The molecule has 0 unspecified atom stereocenters. The molecule has 3 aromatic carbocycles. The molecule has 0 saturated carbocycles. The van der Waals surface area contributed by atoms with Crippen LogP contribution in [-0.4, -0.2) is 50.4 Å². The first kappa shape index (κ1) is 30.9. The first-order valence-electron chi connectivity index (χ1n) is 12.5. The first-order chi connectivity index (χ1) is 18.7. The van der Waals surface area contributed by atoms with Gasteiger partial charge in [0.05, 0.1) is 17.7 Å². The Bertz CT molecular complexity index is 1440. The number of hydrogen-bond donors (Lipinski definition) is 1. The van der Waals surface area contributed by atoms with Crippen LogP contribution in [0.1, 0.15) is 33.3 Å². The maximum atomic E-state index is 14.6. The highest BCUT2D eigenvalue weighted by molar-refractivity contribution is 7.92. The molecule has 3 aromatic rings. The first-order valence-corrected chi connectivity index (χ1v) is 14.3. The molecule has 0 heterocycles. The summed E-state index contributed by atoms with van der Waals surface area (Å²) in [5, 5.41) is 3.21. The number of halogens is 2. The lowest BCUT2D eigenvalue weighted by molar-refractivity contribution is -0.140. The zero-order chi connectivity index (χ0) is 29.7. The number of amides is 2. The summed E-state index contributed by atoms with van der Waals surface area (Å²) in [6, 6.07) is 16.6. The van der Waals surface area contributed by atoms with Crippen molar-refractivity contribution in [3.05, 3.63) is 89.2 Å². The van der Waals surface area contributed by atoms with Crippen LogP contribution in [0.4, 0.5) is 10.1 Å². The highest BCUT2D eigenvalue weighted by Gasteiger charge is 2.33. The van der Waals surface area contributed by atoms with Gasteiger partial charge >= 0.3 is 0 Å². The van der Waals surface area contributed by atoms with E-state index in [4.69, 9.17) is 16.3 Å². The Balaban J connectivity index is 2.04. The predicted octanol–water partition coefficient (Wildman–Crippen LogP) is 5.02. The minimum Gasteiger partial charge on any atom is -0.497 e. The summed E-state index contributed by atoms with van der Waals surface area (Å²) < 4.78 is 48.3. The molecule has 0 aliphatic rings. The van der Waals surface area contributed by atoms with Crippen molar-refractivity contribution in [2.45, 2.75) is 50.7 Å². The van der Waals surface area contributed by atoms with Gasteiger partial charge in [0, 0.05) is 22.7 Å². The minimum atomic E-state index is -4.26. The minimum absolute atomic E-state index is 0.0739. The van der Waals surface area contributed by atoms with Crippen LogP contribution in [0.15, 0.2) is 77.7 Å². The third-order valence-electron chi connectivity index (χ3n) is 6.00. The number of hydrogen-bond acceptors (Lipinski definition) is 5. The topological polar surface area (TPSA) is 96.0 Å². The summed E-state index contributed by atoms with van der Waals surface area (Å²) in [5.74, 6) is -1.26. The molecule has 2 amide bonds. The lowest BCUT2D eigenvalue weighted by Gasteiger charge is -2.33. The highest BCUT2D eigenvalue weighted by atomic mass is 35.5. The maximum Gasteiger partial charge on any atom is 0.264 e. The molecule has 0 spiro atoms. The number of ether oxygens (including phenoxy) is 1. The summed E-state index contributed by atoms with van der Waals surface area (Å²) >= 11 is 6.03. The second-order valence-corrected chi connectivity index (χ2v) is 12.5. The maximum absolute atomic E-state index is 14.6.